The number of nitrogens with zero attached hydrogens (tertiary/aromatic N) is 3. The van der Waals surface area contributed by atoms with E-state index in [4.69, 9.17) is 4.74 Å². The van der Waals surface area contributed by atoms with E-state index >= 15 is 0 Å². The highest BCUT2D eigenvalue weighted by molar-refractivity contribution is 8.32. The summed E-state index contributed by atoms with van der Waals surface area (Å²) in [5.74, 6) is -0.958. The lowest BCUT2D eigenvalue weighted by Gasteiger charge is -2.35. The Hall–Kier alpha value is -2.53. The number of anilines is 2. The molecule has 34 heavy (non-hydrogen) atoms. The van der Waals surface area contributed by atoms with E-state index in [0.717, 1.165) is 31.4 Å². The molecule has 0 spiro atoms. The van der Waals surface area contributed by atoms with Gasteiger partial charge in [0.05, 0.1) is 29.1 Å². The quantitative estimate of drug-likeness (QED) is 0.572. The molecular weight excluding hydrogens is 472 g/mol. The van der Waals surface area contributed by atoms with E-state index in [1.165, 1.54) is 12.1 Å². The van der Waals surface area contributed by atoms with Crippen LogP contribution in [0.2, 0.25) is 0 Å². The minimum atomic E-state index is -4.79. The Morgan fingerprint density at radius 2 is 1.82 bits per heavy atom. The maximum absolute atomic E-state index is 14.0. The Kier molecular flexibility index (Phi) is 7.97. The number of aromatic nitrogens is 1. The molecule has 0 atom stereocenters. The maximum atomic E-state index is 14.0. The highest BCUT2D eigenvalue weighted by Crippen LogP contribution is 2.36. The van der Waals surface area contributed by atoms with Crippen molar-refractivity contribution in [3.8, 4) is 5.88 Å². The lowest BCUT2D eigenvalue weighted by molar-refractivity contribution is -0.138. The number of piperazine rings is 1. The number of halogens is 4. The van der Waals surface area contributed by atoms with E-state index in [9.17, 15) is 22.4 Å². The zero-order valence-corrected chi connectivity index (χ0v) is 20.5. The molecule has 0 radical (unpaired) electrons. The summed E-state index contributed by atoms with van der Waals surface area (Å²) in [5, 5.41) is 2.52. The number of carbonyl (C=O) groups is 1. The fraction of sp³-hybridized carbons (Fsp3) is 0.478. The van der Waals surface area contributed by atoms with E-state index in [1.807, 2.05) is 11.9 Å². The summed E-state index contributed by atoms with van der Waals surface area (Å²) in [4.78, 5) is 20.8. The molecule has 2 aromatic rings. The van der Waals surface area contributed by atoms with Crippen LogP contribution >= 0.6 is 10.0 Å². The number of hydrogen-bond acceptors (Lipinski definition) is 5. The van der Waals surface area contributed by atoms with E-state index < -0.39 is 39.1 Å². The van der Waals surface area contributed by atoms with Crippen LogP contribution in [0.1, 0.15) is 15.9 Å². The molecule has 188 valence electrons. The molecule has 1 N–H and O–H groups in total. The van der Waals surface area contributed by atoms with Crippen LogP contribution in [0.3, 0.4) is 0 Å². The molecule has 3 rings (SSSR count). The van der Waals surface area contributed by atoms with Gasteiger partial charge in [-0.3, -0.25) is 4.79 Å². The molecule has 2 heterocycles. The SMILES string of the molecule is CN1CCN(c2cc(F)ccc2NC(=O)c2cnc(OCCS(C)(C)C)cc2C(F)(F)F)CC1. The number of ether oxygens (including phenoxy) is 1. The molecule has 0 bridgehead atoms. The van der Waals surface area contributed by atoms with Gasteiger partial charge in [-0.1, -0.05) is 0 Å². The third kappa shape index (κ3) is 6.99. The molecule has 1 aromatic carbocycles. The molecule has 0 aliphatic carbocycles. The third-order valence-corrected chi connectivity index (χ3v) is 6.82. The predicted molar refractivity (Wildman–Crippen MR) is 129 cm³/mol. The first-order valence-electron chi connectivity index (χ1n) is 10.7. The number of likely N-dealkylation sites (N-methyl/N-ethyl adjacent to an activating group) is 1. The zero-order chi connectivity index (χ0) is 25.1. The number of nitrogens with one attached hydrogen (secondary N) is 1. The summed E-state index contributed by atoms with van der Waals surface area (Å²) < 4.78 is 60.7. The van der Waals surface area contributed by atoms with Crippen LogP contribution in [0, 0.1) is 5.82 Å². The zero-order valence-electron chi connectivity index (χ0n) is 19.7. The lowest BCUT2D eigenvalue weighted by Crippen LogP contribution is -2.44. The number of alkyl halides is 3. The minimum absolute atomic E-state index is 0.188. The summed E-state index contributed by atoms with van der Waals surface area (Å²) in [6.45, 7) is 2.91. The fourth-order valence-corrected chi connectivity index (χ4v) is 4.02. The average molecular weight is 503 g/mol. The molecule has 1 aliphatic heterocycles. The van der Waals surface area contributed by atoms with Crippen LogP contribution in [-0.2, 0) is 6.18 Å². The van der Waals surface area contributed by atoms with Crippen LogP contribution in [-0.4, -0.2) is 80.1 Å². The number of benzene rings is 1. The number of carbonyl (C=O) groups excluding carboxylic acids is 1. The summed E-state index contributed by atoms with van der Waals surface area (Å²) in [7, 11) is 1.09. The lowest BCUT2D eigenvalue weighted by atomic mass is 10.1. The molecule has 11 heteroatoms. The van der Waals surface area contributed by atoms with E-state index in [2.05, 4.69) is 34.0 Å². The summed E-state index contributed by atoms with van der Waals surface area (Å²) in [6.07, 6.45) is 2.31. The summed E-state index contributed by atoms with van der Waals surface area (Å²) >= 11 is 0. The van der Waals surface area contributed by atoms with Crippen LogP contribution in [0.25, 0.3) is 0 Å². The van der Waals surface area contributed by atoms with Gasteiger partial charge in [0.15, 0.2) is 0 Å². The number of rotatable bonds is 7. The van der Waals surface area contributed by atoms with Crippen LogP contribution in [0.4, 0.5) is 28.9 Å². The average Bonchev–Trinajstić information content (AvgIpc) is 2.74. The molecule has 1 aliphatic rings. The van der Waals surface area contributed by atoms with Gasteiger partial charge in [0.1, 0.15) is 5.82 Å². The first-order chi connectivity index (χ1) is 15.8. The number of hydrogen-bond donors (Lipinski definition) is 1. The Balaban J connectivity index is 1.84. The Morgan fingerprint density at radius 3 is 2.44 bits per heavy atom. The van der Waals surface area contributed by atoms with E-state index in [1.54, 1.807) is 0 Å². The molecule has 1 aromatic heterocycles. The first-order valence-corrected chi connectivity index (χ1v) is 13.8. The summed E-state index contributed by atoms with van der Waals surface area (Å²) in [5.41, 5.74) is -1.11. The van der Waals surface area contributed by atoms with Crippen molar-refractivity contribution >= 4 is 27.3 Å². The first kappa shape index (κ1) is 26.1. The van der Waals surface area contributed by atoms with Crippen LogP contribution in [0.15, 0.2) is 30.5 Å². The molecule has 0 unspecified atom stereocenters. The van der Waals surface area contributed by atoms with Gasteiger partial charge in [-0.05, 0) is 44.0 Å². The predicted octanol–water partition coefficient (Wildman–Crippen LogP) is 4.32. The van der Waals surface area contributed by atoms with Crippen molar-refractivity contribution in [1.82, 2.24) is 9.88 Å². The maximum Gasteiger partial charge on any atom is 0.417 e. The molecule has 1 saturated heterocycles. The van der Waals surface area contributed by atoms with Gasteiger partial charge < -0.3 is 19.9 Å². The van der Waals surface area contributed by atoms with Crippen LogP contribution < -0.4 is 15.0 Å². The molecular formula is C23H30F4N4O2S. The molecule has 1 fully saturated rings. The second-order valence-corrected chi connectivity index (χ2v) is 13.7. The van der Waals surface area contributed by atoms with E-state index in [0.29, 0.717) is 24.5 Å². The smallest absolute Gasteiger partial charge is 0.417 e. The second kappa shape index (κ2) is 10.4. The van der Waals surface area contributed by atoms with Gasteiger partial charge >= 0.3 is 6.18 Å². The number of pyridine rings is 1. The molecule has 1 amide bonds. The highest BCUT2D eigenvalue weighted by Gasteiger charge is 2.36. The van der Waals surface area contributed by atoms with Gasteiger partial charge in [0.25, 0.3) is 5.91 Å². The fourth-order valence-electron chi connectivity index (χ4n) is 3.44. The van der Waals surface area contributed by atoms with Gasteiger partial charge in [-0.15, -0.1) is 0 Å². The summed E-state index contributed by atoms with van der Waals surface area (Å²) in [6, 6.07) is 4.54. The van der Waals surface area contributed by atoms with Crippen molar-refractivity contribution < 1.29 is 27.1 Å². The Morgan fingerprint density at radius 1 is 1.15 bits per heavy atom. The van der Waals surface area contributed by atoms with Gasteiger partial charge in [0, 0.05) is 44.2 Å². The monoisotopic (exact) mass is 502 g/mol. The van der Waals surface area contributed by atoms with Gasteiger partial charge in [0.2, 0.25) is 5.88 Å². The van der Waals surface area contributed by atoms with Gasteiger partial charge in [-0.2, -0.15) is 13.2 Å². The molecule has 0 saturated carbocycles. The van der Waals surface area contributed by atoms with Crippen molar-refractivity contribution in [3.63, 3.8) is 0 Å². The topological polar surface area (TPSA) is 57.7 Å². The Labute approximate surface area is 198 Å². The minimum Gasteiger partial charge on any atom is -0.477 e. The Bertz CT molecular complexity index is 1020. The highest BCUT2D eigenvalue weighted by atomic mass is 32.3. The van der Waals surface area contributed by atoms with Crippen molar-refractivity contribution in [2.24, 2.45) is 0 Å². The number of amides is 1. The van der Waals surface area contributed by atoms with Crippen molar-refractivity contribution in [2.75, 3.05) is 74.6 Å². The van der Waals surface area contributed by atoms with Crippen molar-refractivity contribution in [2.45, 2.75) is 6.18 Å². The largest absolute Gasteiger partial charge is 0.477 e. The van der Waals surface area contributed by atoms with Crippen LogP contribution in [0.5, 0.6) is 5.88 Å². The van der Waals surface area contributed by atoms with Gasteiger partial charge in [-0.25, -0.2) is 19.4 Å². The second-order valence-electron chi connectivity index (χ2n) is 9.12. The molecule has 6 nitrogen and oxygen atoms in total. The van der Waals surface area contributed by atoms with E-state index in [-0.39, 0.29) is 18.2 Å². The standard InChI is InChI=1S/C23H30F4N4O2S/c1-30-7-9-31(10-8-30)20-13-16(24)5-6-19(20)29-22(32)17-15-28-21(14-18(17)23(25,26)27)33-11-12-34(2,3)4/h5-6,13-15H,7-12H2,1-4H3,(H,29,32). The third-order valence-electron chi connectivity index (χ3n) is 5.43. The normalized spacial score (nSPS) is 15.8. The van der Waals surface area contributed by atoms with Crippen molar-refractivity contribution in [3.05, 3.63) is 47.4 Å². The van der Waals surface area contributed by atoms with Crippen molar-refractivity contribution in [1.29, 1.82) is 0 Å².